The Morgan fingerprint density at radius 1 is 1.04 bits per heavy atom. The van der Waals surface area contributed by atoms with Crippen LogP contribution in [0.15, 0.2) is 67.0 Å². The first kappa shape index (κ1) is 17.9. The molecule has 3 aromatic rings. The van der Waals surface area contributed by atoms with Gasteiger partial charge in [-0.2, -0.15) is 0 Å². The maximum Gasteiger partial charge on any atom is 0.259 e. The van der Waals surface area contributed by atoms with E-state index < -0.39 is 0 Å². The number of pyridine rings is 1. The average Bonchev–Trinajstić information content (AvgIpc) is 3.17. The maximum absolute atomic E-state index is 13.0. The number of carbonyl (C=O) groups is 2. The van der Waals surface area contributed by atoms with Crippen LogP contribution in [-0.4, -0.2) is 23.3 Å². The minimum atomic E-state index is -0.340. The Balaban J connectivity index is 1.47. The number of anilines is 1. The normalized spacial score (nSPS) is 12.5. The van der Waals surface area contributed by atoms with Crippen molar-refractivity contribution in [2.75, 3.05) is 11.4 Å². The van der Waals surface area contributed by atoms with Crippen LogP contribution in [0.3, 0.4) is 0 Å². The van der Waals surface area contributed by atoms with E-state index in [1.165, 1.54) is 24.5 Å². The number of para-hydroxylation sites is 1. The molecule has 28 heavy (non-hydrogen) atoms. The molecule has 0 saturated heterocycles. The molecule has 0 fully saturated rings. The third-order valence-corrected chi connectivity index (χ3v) is 4.75. The molecule has 2 heterocycles. The Bertz CT molecular complexity index is 1030. The SMILES string of the molecule is O=C(NCc1ccc(F)cc1)c1cncc(C(=O)N2CCc3ccccc32)c1. The summed E-state index contributed by atoms with van der Waals surface area (Å²) in [5.41, 5.74) is 3.49. The Morgan fingerprint density at radius 3 is 2.61 bits per heavy atom. The van der Waals surface area contributed by atoms with E-state index in [4.69, 9.17) is 0 Å². The first-order valence-corrected chi connectivity index (χ1v) is 8.99. The number of hydrogen-bond acceptors (Lipinski definition) is 3. The lowest BCUT2D eigenvalue weighted by atomic mass is 10.1. The van der Waals surface area contributed by atoms with Crippen molar-refractivity contribution in [3.63, 3.8) is 0 Å². The van der Waals surface area contributed by atoms with Crippen LogP contribution in [0, 0.1) is 5.82 Å². The zero-order valence-corrected chi connectivity index (χ0v) is 15.1. The summed E-state index contributed by atoms with van der Waals surface area (Å²) in [6, 6.07) is 15.3. The lowest BCUT2D eigenvalue weighted by Crippen LogP contribution is -2.29. The molecular weight excluding hydrogens is 357 g/mol. The molecule has 5 nitrogen and oxygen atoms in total. The second kappa shape index (κ2) is 7.60. The molecule has 0 spiro atoms. The highest BCUT2D eigenvalue weighted by molar-refractivity contribution is 6.08. The summed E-state index contributed by atoms with van der Waals surface area (Å²) in [7, 11) is 0. The Kier molecular flexibility index (Phi) is 4.85. The number of halogens is 1. The van der Waals surface area contributed by atoms with Crippen LogP contribution in [0.2, 0.25) is 0 Å². The zero-order chi connectivity index (χ0) is 19.5. The fourth-order valence-electron chi connectivity index (χ4n) is 3.27. The van der Waals surface area contributed by atoms with Crippen LogP contribution < -0.4 is 10.2 Å². The lowest BCUT2D eigenvalue weighted by Gasteiger charge is -2.17. The van der Waals surface area contributed by atoms with Crippen molar-refractivity contribution in [2.45, 2.75) is 13.0 Å². The van der Waals surface area contributed by atoms with E-state index in [9.17, 15) is 14.0 Å². The molecule has 0 saturated carbocycles. The molecule has 2 amide bonds. The van der Waals surface area contributed by atoms with E-state index in [1.54, 1.807) is 23.1 Å². The van der Waals surface area contributed by atoms with Crippen molar-refractivity contribution >= 4 is 17.5 Å². The van der Waals surface area contributed by atoms with E-state index in [0.29, 0.717) is 17.7 Å². The molecular formula is C22H18FN3O2. The van der Waals surface area contributed by atoms with E-state index in [-0.39, 0.29) is 24.2 Å². The average molecular weight is 375 g/mol. The van der Waals surface area contributed by atoms with Crippen molar-refractivity contribution < 1.29 is 14.0 Å². The number of amides is 2. The molecule has 0 radical (unpaired) electrons. The number of hydrogen-bond donors (Lipinski definition) is 1. The number of carbonyl (C=O) groups excluding carboxylic acids is 2. The van der Waals surface area contributed by atoms with Crippen LogP contribution in [-0.2, 0) is 13.0 Å². The van der Waals surface area contributed by atoms with Gasteiger partial charge in [-0.1, -0.05) is 30.3 Å². The van der Waals surface area contributed by atoms with Gasteiger partial charge in [0.05, 0.1) is 11.1 Å². The van der Waals surface area contributed by atoms with Gasteiger partial charge < -0.3 is 10.2 Å². The number of benzene rings is 2. The molecule has 0 bridgehead atoms. The summed E-state index contributed by atoms with van der Waals surface area (Å²) in [6.07, 6.45) is 3.71. The predicted molar refractivity (Wildman–Crippen MR) is 104 cm³/mol. The third kappa shape index (κ3) is 3.62. The Labute approximate surface area is 161 Å². The molecule has 0 unspecified atom stereocenters. The molecule has 0 aliphatic carbocycles. The second-order valence-corrected chi connectivity index (χ2v) is 6.61. The molecule has 140 valence electrons. The van der Waals surface area contributed by atoms with Gasteiger partial charge in [-0.15, -0.1) is 0 Å². The highest BCUT2D eigenvalue weighted by Crippen LogP contribution is 2.28. The van der Waals surface area contributed by atoms with Crippen molar-refractivity contribution in [1.82, 2.24) is 10.3 Å². The number of fused-ring (bicyclic) bond motifs is 1. The van der Waals surface area contributed by atoms with E-state index in [0.717, 1.165) is 23.2 Å². The van der Waals surface area contributed by atoms with Crippen LogP contribution in [0.5, 0.6) is 0 Å². The first-order valence-electron chi connectivity index (χ1n) is 8.99. The summed E-state index contributed by atoms with van der Waals surface area (Å²) in [5, 5.41) is 2.76. The van der Waals surface area contributed by atoms with Crippen LogP contribution in [0.4, 0.5) is 10.1 Å². The van der Waals surface area contributed by atoms with Crippen molar-refractivity contribution in [1.29, 1.82) is 0 Å². The number of nitrogens with zero attached hydrogens (tertiary/aromatic N) is 2. The van der Waals surface area contributed by atoms with E-state index in [2.05, 4.69) is 10.3 Å². The number of aromatic nitrogens is 1. The van der Waals surface area contributed by atoms with Crippen molar-refractivity contribution in [2.24, 2.45) is 0 Å². The molecule has 0 atom stereocenters. The topological polar surface area (TPSA) is 62.3 Å². The van der Waals surface area contributed by atoms with Gasteiger partial charge >= 0.3 is 0 Å². The van der Waals surface area contributed by atoms with Crippen LogP contribution in [0.1, 0.15) is 31.8 Å². The van der Waals surface area contributed by atoms with Gasteiger partial charge in [0.2, 0.25) is 0 Å². The van der Waals surface area contributed by atoms with Gasteiger partial charge in [0.1, 0.15) is 5.82 Å². The highest BCUT2D eigenvalue weighted by atomic mass is 19.1. The molecule has 2 aromatic carbocycles. The molecule has 1 aliphatic rings. The quantitative estimate of drug-likeness (QED) is 0.761. The summed E-state index contributed by atoms with van der Waals surface area (Å²) in [5.74, 6) is -0.840. The summed E-state index contributed by atoms with van der Waals surface area (Å²) >= 11 is 0. The van der Waals surface area contributed by atoms with Crippen LogP contribution in [0.25, 0.3) is 0 Å². The number of rotatable bonds is 4. The first-order chi connectivity index (χ1) is 13.6. The fourth-order valence-corrected chi connectivity index (χ4v) is 3.27. The summed E-state index contributed by atoms with van der Waals surface area (Å²) < 4.78 is 13.0. The smallest absolute Gasteiger partial charge is 0.259 e. The minimum Gasteiger partial charge on any atom is -0.348 e. The maximum atomic E-state index is 13.0. The van der Waals surface area contributed by atoms with Gasteiger partial charge in [0, 0.05) is 31.2 Å². The van der Waals surface area contributed by atoms with E-state index >= 15 is 0 Å². The summed E-state index contributed by atoms with van der Waals surface area (Å²) in [6.45, 7) is 0.871. The summed E-state index contributed by atoms with van der Waals surface area (Å²) in [4.78, 5) is 31.1. The van der Waals surface area contributed by atoms with Gasteiger partial charge in [0.25, 0.3) is 11.8 Å². The highest BCUT2D eigenvalue weighted by Gasteiger charge is 2.25. The van der Waals surface area contributed by atoms with Crippen molar-refractivity contribution in [3.8, 4) is 0 Å². The van der Waals surface area contributed by atoms with Crippen LogP contribution >= 0.6 is 0 Å². The van der Waals surface area contributed by atoms with E-state index in [1.807, 2.05) is 24.3 Å². The lowest BCUT2D eigenvalue weighted by molar-refractivity contribution is 0.0950. The predicted octanol–water partition coefficient (Wildman–Crippen LogP) is 3.35. The molecule has 6 heteroatoms. The molecule has 1 N–H and O–H groups in total. The molecule has 1 aliphatic heterocycles. The van der Waals surface area contributed by atoms with Crippen molar-refractivity contribution in [3.05, 3.63) is 95.1 Å². The second-order valence-electron chi connectivity index (χ2n) is 6.61. The standard InChI is InChI=1S/C22H18FN3O2/c23-19-7-5-15(6-8-19)12-25-21(27)17-11-18(14-24-13-17)22(28)26-10-9-16-3-1-2-4-20(16)26/h1-8,11,13-14H,9-10,12H2,(H,25,27). The van der Waals surface area contributed by atoms with Gasteiger partial charge in [-0.25, -0.2) is 4.39 Å². The third-order valence-electron chi connectivity index (χ3n) is 4.75. The molecule has 1 aromatic heterocycles. The van der Waals surface area contributed by atoms with Gasteiger partial charge in [-0.05, 0) is 41.8 Å². The zero-order valence-electron chi connectivity index (χ0n) is 15.1. The fraction of sp³-hybridized carbons (Fsp3) is 0.136. The van der Waals surface area contributed by atoms with Gasteiger partial charge in [0.15, 0.2) is 0 Å². The Hall–Kier alpha value is -3.54. The largest absolute Gasteiger partial charge is 0.348 e. The number of nitrogens with one attached hydrogen (secondary N) is 1. The Morgan fingerprint density at radius 2 is 1.79 bits per heavy atom. The monoisotopic (exact) mass is 375 g/mol. The molecule has 4 rings (SSSR count). The minimum absolute atomic E-state index is 0.175. The van der Waals surface area contributed by atoms with Gasteiger partial charge in [-0.3, -0.25) is 14.6 Å².